The molecule has 0 bridgehead atoms. The van der Waals surface area contributed by atoms with Crippen molar-refractivity contribution in [2.45, 2.75) is 20.8 Å². The number of nitrogens with zero attached hydrogens (tertiary/aromatic N) is 2. The Labute approximate surface area is 169 Å². The molecule has 1 aliphatic heterocycles. The van der Waals surface area contributed by atoms with Crippen LogP contribution in [0.15, 0.2) is 65.7 Å². The number of hydrogen-bond donors (Lipinski definition) is 1. The predicted octanol–water partition coefficient (Wildman–Crippen LogP) is 6.76. The first-order valence-electron chi connectivity index (χ1n) is 9.67. The van der Waals surface area contributed by atoms with Gasteiger partial charge in [0, 0.05) is 23.0 Å². The SMILES string of the molecule is Cc1ccc2c(c1)N=Cc1cc3cc(Nc4c(C)cccc4C)ccc3nc1O2. The number of nitrogens with one attached hydrogen (secondary N) is 1. The smallest absolute Gasteiger partial charge is 0.228 e. The molecule has 29 heavy (non-hydrogen) atoms. The lowest BCUT2D eigenvalue weighted by Crippen LogP contribution is -1.97. The van der Waals surface area contributed by atoms with E-state index in [1.807, 2.05) is 37.4 Å². The largest absolute Gasteiger partial charge is 0.436 e. The van der Waals surface area contributed by atoms with Gasteiger partial charge in [-0.1, -0.05) is 24.3 Å². The highest BCUT2D eigenvalue weighted by Crippen LogP contribution is 2.37. The van der Waals surface area contributed by atoms with Crippen molar-refractivity contribution < 1.29 is 4.74 Å². The molecule has 4 nitrogen and oxygen atoms in total. The zero-order valence-corrected chi connectivity index (χ0v) is 16.7. The highest BCUT2D eigenvalue weighted by atomic mass is 16.5. The van der Waals surface area contributed by atoms with Gasteiger partial charge in [-0.3, -0.25) is 4.99 Å². The van der Waals surface area contributed by atoms with E-state index in [0.717, 1.165) is 44.8 Å². The molecule has 0 spiro atoms. The fourth-order valence-electron chi connectivity index (χ4n) is 3.64. The van der Waals surface area contributed by atoms with Gasteiger partial charge < -0.3 is 10.1 Å². The van der Waals surface area contributed by atoms with Crippen LogP contribution in [-0.2, 0) is 0 Å². The minimum Gasteiger partial charge on any atom is -0.436 e. The van der Waals surface area contributed by atoms with Crippen LogP contribution in [0, 0.1) is 20.8 Å². The van der Waals surface area contributed by atoms with Gasteiger partial charge in [0.05, 0.1) is 11.1 Å². The third-order valence-corrected chi connectivity index (χ3v) is 5.22. The number of para-hydroxylation sites is 1. The van der Waals surface area contributed by atoms with E-state index in [1.165, 1.54) is 11.1 Å². The Balaban J connectivity index is 1.55. The minimum atomic E-state index is 0.583. The van der Waals surface area contributed by atoms with Crippen molar-refractivity contribution in [3.63, 3.8) is 0 Å². The number of hydrogen-bond acceptors (Lipinski definition) is 4. The van der Waals surface area contributed by atoms with E-state index in [4.69, 9.17) is 9.72 Å². The molecule has 5 rings (SSSR count). The second-order valence-electron chi connectivity index (χ2n) is 7.51. The maximum Gasteiger partial charge on any atom is 0.228 e. The van der Waals surface area contributed by atoms with Crippen molar-refractivity contribution in [2.24, 2.45) is 4.99 Å². The number of aromatic nitrogens is 1. The highest BCUT2D eigenvalue weighted by Gasteiger charge is 2.15. The summed E-state index contributed by atoms with van der Waals surface area (Å²) in [6, 6.07) is 20.6. The summed E-state index contributed by atoms with van der Waals surface area (Å²) in [6.45, 7) is 6.28. The summed E-state index contributed by atoms with van der Waals surface area (Å²) in [7, 11) is 0. The lowest BCUT2D eigenvalue weighted by Gasteiger charge is -2.14. The first-order chi connectivity index (χ1) is 14.1. The van der Waals surface area contributed by atoms with Crippen molar-refractivity contribution >= 4 is 34.2 Å². The van der Waals surface area contributed by atoms with Gasteiger partial charge in [0.2, 0.25) is 5.88 Å². The number of benzene rings is 3. The van der Waals surface area contributed by atoms with Crippen LogP contribution in [0.3, 0.4) is 0 Å². The molecule has 0 saturated heterocycles. The van der Waals surface area contributed by atoms with Crippen molar-refractivity contribution in [1.29, 1.82) is 0 Å². The fraction of sp³-hybridized carbons (Fsp3) is 0.120. The molecule has 0 unspecified atom stereocenters. The molecule has 0 amide bonds. The van der Waals surface area contributed by atoms with Gasteiger partial charge in [0.1, 0.15) is 5.69 Å². The molecule has 1 aliphatic rings. The van der Waals surface area contributed by atoms with Crippen LogP contribution in [0.2, 0.25) is 0 Å². The van der Waals surface area contributed by atoms with Gasteiger partial charge in [-0.05, 0) is 73.9 Å². The quantitative estimate of drug-likeness (QED) is 0.368. The number of pyridine rings is 1. The number of ether oxygens (including phenoxy) is 1. The Morgan fingerprint density at radius 2 is 1.69 bits per heavy atom. The van der Waals surface area contributed by atoms with Crippen LogP contribution in [0.4, 0.5) is 17.1 Å². The van der Waals surface area contributed by atoms with E-state index >= 15 is 0 Å². The molecule has 0 atom stereocenters. The van der Waals surface area contributed by atoms with Crippen LogP contribution < -0.4 is 10.1 Å². The number of rotatable bonds is 2. The number of aliphatic imine (C=N–C) groups is 1. The van der Waals surface area contributed by atoms with Gasteiger partial charge in [-0.2, -0.15) is 0 Å². The van der Waals surface area contributed by atoms with Crippen LogP contribution in [0.1, 0.15) is 22.3 Å². The lowest BCUT2D eigenvalue weighted by molar-refractivity contribution is 0.467. The average molecular weight is 379 g/mol. The molecule has 1 aromatic heterocycles. The summed E-state index contributed by atoms with van der Waals surface area (Å²) >= 11 is 0. The van der Waals surface area contributed by atoms with Crippen LogP contribution in [0.25, 0.3) is 10.9 Å². The second-order valence-corrected chi connectivity index (χ2v) is 7.51. The molecular weight excluding hydrogens is 358 g/mol. The number of anilines is 2. The van der Waals surface area contributed by atoms with E-state index in [9.17, 15) is 0 Å². The summed E-state index contributed by atoms with van der Waals surface area (Å²) in [5.74, 6) is 1.31. The normalized spacial score (nSPS) is 12.1. The molecule has 0 fully saturated rings. The van der Waals surface area contributed by atoms with E-state index in [1.54, 1.807) is 0 Å². The second kappa shape index (κ2) is 6.74. The summed E-state index contributed by atoms with van der Waals surface area (Å²) < 4.78 is 6.07. The van der Waals surface area contributed by atoms with Crippen molar-refractivity contribution in [2.75, 3.05) is 5.32 Å². The van der Waals surface area contributed by atoms with Crippen LogP contribution in [0.5, 0.6) is 11.6 Å². The Bertz CT molecular complexity index is 1270. The zero-order valence-electron chi connectivity index (χ0n) is 16.7. The Morgan fingerprint density at radius 1 is 0.862 bits per heavy atom. The zero-order chi connectivity index (χ0) is 20.0. The van der Waals surface area contributed by atoms with Gasteiger partial charge >= 0.3 is 0 Å². The van der Waals surface area contributed by atoms with Crippen LogP contribution >= 0.6 is 0 Å². The van der Waals surface area contributed by atoms with Gasteiger partial charge in [0.25, 0.3) is 0 Å². The maximum absolute atomic E-state index is 6.07. The molecule has 3 aromatic carbocycles. The molecule has 142 valence electrons. The van der Waals surface area contributed by atoms with Crippen LogP contribution in [-0.4, -0.2) is 11.2 Å². The Hall–Kier alpha value is -3.66. The fourth-order valence-corrected chi connectivity index (χ4v) is 3.64. The lowest BCUT2D eigenvalue weighted by atomic mass is 10.1. The van der Waals surface area contributed by atoms with Gasteiger partial charge in [-0.15, -0.1) is 0 Å². The topological polar surface area (TPSA) is 46.5 Å². The molecule has 4 heteroatoms. The summed E-state index contributed by atoms with van der Waals surface area (Å²) in [6.07, 6.45) is 1.83. The van der Waals surface area contributed by atoms with Gasteiger partial charge in [-0.25, -0.2) is 4.98 Å². The molecule has 1 N–H and O–H groups in total. The first-order valence-corrected chi connectivity index (χ1v) is 9.67. The summed E-state index contributed by atoms with van der Waals surface area (Å²) in [5.41, 5.74) is 8.35. The van der Waals surface area contributed by atoms with E-state index < -0.39 is 0 Å². The molecule has 0 aliphatic carbocycles. The van der Waals surface area contributed by atoms with Crippen molar-refractivity contribution in [3.8, 4) is 11.6 Å². The standard InChI is InChI=1S/C25H21N3O/c1-15-7-10-23-22(11-15)26-14-19-12-18-13-20(8-9-21(18)28-25(19)29-23)27-24-16(2)5-4-6-17(24)3/h4-14,27H,1-3H3. The highest BCUT2D eigenvalue weighted by molar-refractivity contribution is 5.94. The van der Waals surface area contributed by atoms with Crippen molar-refractivity contribution in [3.05, 3.63) is 82.9 Å². The molecule has 0 radical (unpaired) electrons. The number of aryl methyl sites for hydroxylation is 3. The Kier molecular flexibility index (Phi) is 4.06. The summed E-state index contributed by atoms with van der Waals surface area (Å²) in [4.78, 5) is 9.34. The average Bonchev–Trinajstić information content (AvgIpc) is 2.88. The monoisotopic (exact) mass is 379 g/mol. The first kappa shape index (κ1) is 17.4. The van der Waals surface area contributed by atoms with E-state index in [0.29, 0.717) is 5.88 Å². The molecule has 4 aromatic rings. The predicted molar refractivity (Wildman–Crippen MR) is 119 cm³/mol. The van der Waals surface area contributed by atoms with E-state index in [-0.39, 0.29) is 0 Å². The summed E-state index contributed by atoms with van der Waals surface area (Å²) in [5, 5.41) is 4.59. The maximum atomic E-state index is 6.07. The van der Waals surface area contributed by atoms with Crippen molar-refractivity contribution in [1.82, 2.24) is 4.98 Å². The third-order valence-electron chi connectivity index (χ3n) is 5.22. The minimum absolute atomic E-state index is 0.583. The Morgan fingerprint density at radius 3 is 2.52 bits per heavy atom. The number of fused-ring (bicyclic) bond motifs is 3. The molecule has 0 saturated carbocycles. The molecule has 2 heterocycles. The van der Waals surface area contributed by atoms with Gasteiger partial charge in [0.15, 0.2) is 5.75 Å². The third kappa shape index (κ3) is 3.23. The molecular formula is C25H21N3O. The van der Waals surface area contributed by atoms with E-state index in [2.05, 4.69) is 60.6 Å².